The Morgan fingerprint density at radius 2 is 2.06 bits per heavy atom. The van der Waals surface area contributed by atoms with Crippen LogP contribution in [0.3, 0.4) is 0 Å². The Morgan fingerprint density at radius 1 is 1.30 bits per heavy atom. The molecule has 0 aliphatic heterocycles. The maximum Gasteiger partial charge on any atom is 0.416 e. The van der Waals surface area contributed by atoms with Crippen LogP contribution in [0.5, 0.6) is 0 Å². The maximum absolute atomic E-state index is 13.1. The van der Waals surface area contributed by atoms with Crippen LogP contribution < -0.4 is 10.6 Å². The molecule has 1 saturated carbocycles. The Bertz CT molecular complexity index is 926. The molecule has 9 heteroatoms. The van der Waals surface area contributed by atoms with Crippen LogP contribution in [0.25, 0.3) is 10.9 Å². The average Bonchev–Trinajstić information content (AvgIpc) is 3.18. The molecule has 0 radical (unpaired) electrons. The van der Waals surface area contributed by atoms with E-state index in [0.717, 1.165) is 50.7 Å². The van der Waals surface area contributed by atoms with Crippen molar-refractivity contribution in [3.63, 3.8) is 0 Å². The number of carbonyl (C=O) groups excluding carboxylic acids is 1. The van der Waals surface area contributed by atoms with Crippen LogP contribution >= 0.6 is 0 Å². The largest absolute Gasteiger partial charge is 0.416 e. The molecule has 1 aromatic carbocycles. The third-order valence-electron chi connectivity index (χ3n) is 6.93. The number of fused-ring (bicyclic) bond motifs is 1. The fourth-order valence-corrected chi connectivity index (χ4v) is 4.75. The van der Waals surface area contributed by atoms with E-state index in [2.05, 4.69) is 53.5 Å². The van der Waals surface area contributed by atoms with Gasteiger partial charge in [0, 0.05) is 23.5 Å². The maximum atomic E-state index is 13.1. The number of aromatic nitrogens is 2. The number of hydrogen-bond donors (Lipinski definition) is 3. The molecule has 0 bridgehead atoms. The lowest BCUT2D eigenvalue weighted by Crippen LogP contribution is -2.50. The van der Waals surface area contributed by atoms with Gasteiger partial charge in [0.25, 0.3) is 0 Å². The van der Waals surface area contributed by atoms with Crippen molar-refractivity contribution < 1.29 is 18.0 Å². The second-order valence-corrected chi connectivity index (χ2v) is 9.49. The topological polar surface area (TPSA) is 73.1 Å². The van der Waals surface area contributed by atoms with Crippen molar-refractivity contribution >= 4 is 22.6 Å². The predicted molar refractivity (Wildman–Crippen MR) is 125 cm³/mol. The summed E-state index contributed by atoms with van der Waals surface area (Å²) in [6.45, 7) is 6.55. The molecule has 3 rings (SSSR count). The summed E-state index contributed by atoms with van der Waals surface area (Å²) in [7, 11) is 2.17. The molecule has 1 aliphatic rings. The molecule has 6 nitrogen and oxygen atoms in total. The van der Waals surface area contributed by atoms with E-state index in [4.69, 9.17) is 0 Å². The third-order valence-corrected chi connectivity index (χ3v) is 6.93. The average molecular weight is 468 g/mol. The molecule has 0 unspecified atom stereocenters. The lowest BCUT2D eigenvalue weighted by atomic mass is 9.78. The lowest BCUT2D eigenvalue weighted by Gasteiger charge is -2.42. The van der Waals surface area contributed by atoms with E-state index in [0.29, 0.717) is 28.9 Å². The lowest BCUT2D eigenvalue weighted by molar-refractivity contribution is -0.137. The minimum atomic E-state index is -4.43. The first-order chi connectivity index (χ1) is 15.6. The Balaban J connectivity index is 1.61. The highest BCUT2D eigenvalue weighted by Crippen LogP contribution is 2.33. The van der Waals surface area contributed by atoms with E-state index in [1.54, 1.807) is 0 Å². The molecular weight excluding hydrogens is 431 g/mol. The number of nitrogens with zero attached hydrogens (tertiary/aromatic N) is 2. The molecule has 3 N–H and O–H groups in total. The summed E-state index contributed by atoms with van der Waals surface area (Å²) in [4.78, 5) is 15.1. The standard InChI is InChI=1S/C24H36F3N5O/c1-5-6-7-16-12-18(32(4)15(2)3)9-11-20(16)29-22(33)14-28-23-19-13-17(24(25,26)27)8-10-21(19)30-31-23/h8,10,13,15-16,18,20H,5-7,9,11-12,14H2,1-4H3,(H,29,33)(H2,28,30,31)/t16-,18+,20-/m0/s1. The van der Waals surface area contributed by atoms with Crippen LogP contribution in [0.1, 0.15) is 64.9 Å². The number of nitrogens with one attached hydrogen (secondary N) is 3. The Kier molecular flexibility index (Phi) is 8.26. The minimum absolute atomic E-state index is 0.0392. The second kappa shape index (κ2) is 10.8. The minimum Gasteiger partial charge on any atom is -0.359 e. The van der Waals surface area contributed by atoms with Gasteiger partial charge in [-0.15, -0.1) is 0 Å². The van der Waals surface area contributed by atoms with Crippen LogP contribution in [-0.4, -0.2) is 52.7 Å². The molecule has 1 amide bonds. The summed E-state index contributed by atoms with van der Waals surface area (Å²) < 4.78 is 39.2. The van der Waals surface area contributed by atoms with Gasteiger partial charge in [0.1, 0.15) is 0 Å². The quantitative estimate of drug-likeness (QED) is 0.475. The summed E-state index contributed by atoms with van der Waals surface area (Å²) in [5.41, 5.74) is -0.260. The van der Waals surface area contributed by atoms with Gasteiger partial charge in [-0.25, -0.2) is 0 Å². The monoisotopic (exact) mass is 467 g/mol. The number of aromatic amines is 1. The number of alkyl halides is 3. The van der Waals surface area contributed by atoms with Crippen LogP contribution in [0.2, 0.25) is 0 Å². The zero-order chi connectivity index (χ0) is 24.2. The summed E-state index contributed by atoms with van der Waals surface area (Å²) in [5, 5.41) is 13.2. The number of rotatable bonds is 9. The van der Waals surface area contributed by atoms with Crippen LogP contribution in [0.4, 0.5) is 19.0 Å². The van der Waals surface area contributed by atoms with Crippen molar-refractivity contribution in [2.75, 3.05) is 18.9 Å². The SMILES string of the molecule is CCCC[C@H]1C[C@H](N(C)C(C)C)CC[C@@H]1NC(=O)CNc1n[nH]c2ccc(C(F)(F)F)cc12. The molecule has 1 aromatic heterocycles. The summed E-state index contributed by atoms with van der Waals surface area (Å²) in [6, 6.07) is 4.54. The molecule has 1 heterocycles. The molecule has 0 spiro atoms. The number of hydrogen-bond acceptors (Lipinski definition) is 4. The van der Waals surface area contributed by atoms with Crippen LogP contribution in [0, 0.1) is 5.92 Å². The molecule has 3 atom stereocenters. The first-order valence-corrected chi connectivity index (χ1v) is 11.9. The van der Waals surface area contributed by atoms with E-state index in [1.165, 1.54) is 6.07 Å². The fourth-order valence-electron chi connectivity index (χ4n) is 4.75. The van der Waals surface area contributed by atoms with Gasteiger partial charge in [0.15, 0.2) is 5.82 Å². The van der Waals surface area contributed by atoms with E-state index in [9.17, 15) is 18.0 Å². The highest BCUT2D eigenvalue weighted by Gasteiger charge is 2.33. The summed E-state index contributed by atoms with van der Waals surface area (Å²) in [5.74, 6) is 0.505. The van der Waals surface area contributed by atoms with E-state index >= 15 is 0 Å². The smallest absolute Gasteiger partial charge is 0.359 e. The van der Waals surface area contributed by atoms with Crippen molar-refractivity contribution in [3.05, 3.63) is 23.8 Å². The van der Waals surface area contributed by atoms with Gasteiger partial charge in [0.2, 0.25) is 5.91 Å². The van der Waals surface area contributed by atoms with Gasteiger partial charge in [-0.1, -0.05) is 19.8 Å². The number of benzene rings is 1. The van der Waals surface area contributed by atoms with Crippen LogP contribution in [0.15, 0.2) is 18.2 Å². The molecule has 184 valence electrons. The first-order valence-electron chi connectivity index (χ1n) is 11.9. The molecule has 0 saturated heterocycles. The zero-order valence-electron chi connectivity index (χ0n) is 19.9. The molecular formula is C24H36F3N5O. The van der Waals surface area contributed by atoms with E-state index < -0.39 is 11.7 Å². The van der Waals surface area contributed by atoms with Crippen molar-refractivity contribution in [2.45, 2.75) is 83.6 Å². The number of carbonyl (C=O) groups is 1. The molecule has 2 aromatic rings. The van der Waals surface area contributed by atoms with Crippen molar-refractivity contribution in [1.82, 2.24) is 20.4 Å². The van der Waals surface area contributed by atoms with E-state index in [1.807, 2.05) is 0 Å². The predicted octanol–water partition coefficient (Wildman–Crippen LogP) is 5.18. The van der Waals surface area contributed by atoms with Crippen LogP contribution in [-0.2, 0) is 11.0 Å². The normalized spacial score (nSPS) is 21.7. The molecule has 1 fully saturated rings. The first kappa shape index (κ1) is 25.3. The summed E-state index contributed by atoms with van der Waals surface area (Å²) in [6.07, 6.45) is 1.95. The van der Waals surface area contributed by atoms with Gasteiger partial charge in [-0.05, 0) is 70.7 Å². The Labute approximate surface area is 193 Å². The zero-order valence-corrected chi connectivity index (χ0v) is 19.9. The Morgan fingerprint density at radius 3 is 2.73 bits per heavy atom. The fraction of sp³-hybridized carbons (Fsp3) is 0.667. The van der Waals surface area contributed by atoms with Crippen molar-refractivity contribution in [3.8, 4) is 0 Å². The summed E-state index contributed by atoms with van der Waals surface area (Å²) >= 11 is 0. The molecule has 33 heavy (non-hydrogen) atoms. The molecule has 1 aliphatic carbocycles. The van der Waals surface area contributed by atoms with Gasteiger partial charge < -0.3 is 15.5 Å². The van der Waals surface area contributed by atoms with E-state index in [-0.39, 0.29) is 24.3 Å². The van der Waals surface area contributed by atoms with Gasteiger partial charge in [-0.3, -0.25) is 9.89 Å². The van der Waals surface area contributed by atoms with Gasteiger partial charge in [-0.2, -0.15) is 18.3 Å². The second-order valence-electron chi connectivity index (χ2n) is 9.49. The van der Waals surface area contributed by atoms with Crippen molar-refractivity contribution in [1.29, 1.82) is 0 Å². The highest BCUT2D eigenvalue weighted by molar-refractivity contribution is 5.92. The number of unbranched alkanes of at least 4 members (excludes halogenated alkanes) is 1. The van der Waals surface area contributed by atoms with Gasteiger partial charge >= 0.3 is 6.18 Å². The number of anilines is 1. The van der Waals surface area contributed by atoms with Crippen molar-refractivity contribution in [2.24, 2.45) is 5.92 Å². The number of H-pyrrole nitrogens is 1. The Hall–Kier alpha value is -2.29. The van der Waals surface area contributed by atoms with Gasteiger partial charge in [0.05, 0.1) is 17.6 Å². The number of halogens is 3. The highest BCUT2D eigenvalue weighted by atomic mass is 19.4. The third kappa shape index (κ3) is 6.40. The number of amides is 1.